The van der Waals surface area contributed by atoms with Crippen LogP contribution in [0.5, 0.6) is 5.75 Å². The Labute approximate surface area is 141 Å². The fraction of sp³-hybridized carbons (Fsp3) is 0.263. The van der Waals surface area contributed by atoms with E-state index in [-0.39, 0.29) is 25.0 Å². The van der Waals surface area contributed by atoms with E-state index in [1.807, 2.05) is 57.2 Å². The minimum Gasteiger partial charge on any atom is -0.423 e. The first kappa shape index (κ1) is 16.1. The fourth-order valence-electron chi connectivity index (χ4n) is 2.75. The molecule has 0 unspecified atom stereocenters. The van der Waals surface area contributed by atoms with E-state index in [2.05, 4.69) is 5.32 Å². The molecule has 24 heavy (non-hydrogen) atoms. The third kappa shape index (κ3) is 3.25. The van der Waals surface area contributed by atoms with E-state index in [1.54, 1.807) is 4.90 Å². The molecule has 0 saturated heterocycles. The van der Waals surface area contributed by atoms with Crippen LogP contribution in [0.1, 0.15) is 16.7 Å². The third-order valence-electron chi connectivity index (χ3n) is 4.21. The molecule has 124 valence electrons. The number of carbonyl (C=O) groups excluding carboxylic acids is 2. The van der Waals surface area contributed by atoms with Crippen LogP contribution < -0.4 is 15.0 Å². The van der Waals surface area contributed by atoms with Gasteiger partial charge < -0.3 is 15.0 Å². The van der Waals surface area contributed by atoms with E-state index in [0.29, 0.717) is 5.75 Å². The lowest BCUT2D eigenvalue weighted by molar-refractivity contribution is -0.133. The highest BCUT2D eigenvalue weighted by Gasteiger charge is 2.25. The topological polar surface area (TPSA) is 58.6 Å². The molecule has 3 rings (SSSR count). The Morgan fingerprint density at radius 3 is 2.79 bits per heavy atom. The smallest absolute Gasteiger partial charge is 0.331 e. The molecule has 1 heterocycles. The molecule has 0 saturated carbocycles. The lowest BCUT2D eigenvalue weighted by Crippen LogP contribution is -2.41. The van der Waals surface area contributed by atoms with Crippen molar-refractivity contribution in [2.24, 2.45) is 0 Å². The third-order valence-corrected chi connectivity index (χ3v) is 4.21. The van der Waals surface area contributed by atoms with E-state index in [0.717, 1.165) is 28.1 Å². The van der Waals surface area contributed by atoms with Crippen LogP contribution in [0.15, 0.2) is 36.4 Å². The van der Waals surface area contributed by atoms with Gasteiger partial charge in [0.2, 0.25) is 5.91 Å². The number of hydrogen-bond acceptors (Lipinski definition) is 4. The SMILES string of the molecule is Cc1ccc2c(c1)OC(=O)CN2CC(=O)Nc1cccc(C)c1C. The zero-order chi connectivity index (χ0) is 17.3. The Morgan fingerprint density at radius 1 is 1.21 bits per heavy atom. The Balaban J connectivity index is 1.77. The Morgan fingerprint density at radius 2 is 2.00 bits per heavy atom. The number of rotatable bonds is 3. The second-order valence-corrected chi connectivity index (χ2v) is 6.10. The number of ether oxygens (including phenoxy) is 1. The van der Waals surface area contributed by atoms with Crippen LogP contribution >= 0.6 is 0 Å². The zero-order valence-corrected chi connectivity index (χ0v) is 14.1. The van der Waals surface area contributed by atoms with E-state index < -0.39 is 0 Å². The highest BCUT2D eigenvalue weighted by Crippen LogP contribution is 2.32. The highest BCUT2D eigenvalue weighted by atomic mass is 16.5. The molecule has 1 aliphatic rings. The molecule has 1 N–H and O–H groups in total. The fourth-order valence-corrected chi connectivity index (χ4v) is 2.75. The number of aryl methyl sites for hydroxylation is 2. The monoisotopic (exact) mass is 324 g/mol. The largest absolute Gasteiger partial charge is 0.423 e. The molecule has 0 bridgehead atoms. The van der Waals surface area contributed by atoms with Gasteiger partial charge in [0.25, 0.3) is 0 Å². The number of benzene rings is 2. The van der Waals surface area contributed by atoms with Gasteiger partial charge in [-0.2, -0.15) is 0 Å². The Kier molecular flexibility index (Phi) is 4.25. The van der Waals surface area contributed by atoms with Gasteiger partial charge in [-0.15, -0.1) is 0 Å². The summed E-state index contributed by atoms with van der Waals surface area (Å²) in [4.78, 5) is 26.0. The van der Waals surface area contributed by atoms with E-state index in [1.165, 1.54) is 0 Å². The Hall–Kier alpha value is -2.82. The summed E-state index contributed by atoms with van der Waals surface area (Å²) in [5, 5.41) is 2.92. The number of amides is 1. The molecule has 0 atom stereocenters. The van der Waals surface area contributed by atoms with Crippen molar-refractivity contribution in [1.82, 2.24) is 0 Å². The Bertz CT molecular complexity index is 814. The van der Waals surface area contributed by atoms with Crippen molar-refractivity contribution in [2.45, 2.75) is 20.8 Å². The van der Waals surface area contributed by atoms with Crippen molar-refractivity contribution >= 4 is 23.3 Å². The first-order chi connectivity index (χ1) is 11.4. The number of anilines is 2. The molecule has 1 aliphatic heterocycles. The second-order valence-electron chi connectivity index (χ2n) is 6.10. The van der Waals surface area contributed by atoms with Crippen molar-refractivity contribution in [3.05, 3.63) is 53.1 Å². The maximum absolute atomic E-state index is 12.4. The van der Waals surface area contributed by atoms with Crippen molar-refractivity contribution < 1.29 is 14.3 Å². The normalized spacial score (nSPS) is 13.3. The van der Waals surface area contributed by atoms with Gasteiger partial charge >= 0.3 is 5.97 Å². The van der Waals surface area contributed by atoms with Gasteiger partial charge in [0.15, 0.2) is 5.75 Å². The average Bonchev–Trinajstić information content (AvgIpc) is 2.51. The number of nitrogens with one attached hydrogen (secondary N) is 1. The second kappa shape index (κ2) is 6.35. The number of hydrogen-bond donors (Lipinski definition) is 1. The first-order valence-corrected chi connectivity index (χ1v) is 7.86. The van der Waals surface area contributed by atoms with Crippen LogP contribution in [0.2, 0.25) is 0 Å². The van der Waals surface area contributed by atoms with Crippen molar-refractivity contribution in [2.75, 3.05) is 23.3 Å². The average molecular weight is 324 g/mol. The van der Waals surface area contributed by atoms with Crippen LogP contribution in [-0.2, 0) is 9.59 Å². The molecule has 2 aromatic carbocycles. The summed E-state index contributed by atoms with van der Waals surface area (Å²) in [6.45, 7) is 6.07. The zero-order valence-electron chi connectivity index (χ0n) is 14.1. The molecule has 5 heteroatoms. The number of carbonyl (C=O) groups is 2. The van der Waals surface area contributed by atoms with Gasteiger partial charge in [-0.05, 0) is 55.7 Å². The van der Waals surface area contributed by atoms with E-state index in [4.69, 9.17) is 4.74 Å². The quantitative estimate of drug-likeness (QED) is 0.696. The molecular formula is C19H20N2O3. The van der Waals surface area contributed by atoms with Crippen LogP contribution in [-0.4, -0.2) is 25.0 Å². The minimum atomic E-state index is -0.354. The number of nitrogens with zero attached hydrogens (tertiary/aromatic N) is 1. The molecular weight excluding hydrogens is 304 g/mol. The summed E-state index contributed by atoms with van der Waals surface area (Å²) in [6, 6.07) is 11.4. The van der Waals surface area contributed by atoms with E-state index in [9.17, 15) is 9.59 Å². The molecule has 0 fully saturated rings. The summed E-state index contributed by atoms with van der Waals surface area (Å²) in [7, 11) is 0. The van der Waals surface area contributed by atoms with Gasteiger partial charge in [-0.3, -0.25) is 4.79 Å². The maximum atomic E-state index is 12.4. The summed E-state index contributed by atoms with van der Waals surface area (Å²) in [6.07, 6.45) is 0. The predicted molar refractivity (Wildman–Crippen MR) is 93.6 cm³/mol. The predicted octanol–water partition coefficient (Wildman–Crippen LogP) is 2.98. The maximum Gasteiger partial charge on any atom is 0.331 e. The van der Waals surface area contributed by atoms with Crippen LogP contribution in [0.4, 0.5) is 11.4 Å². The molecule has 0 aromatic heterocycles. The van der Waals surface area contributed by atoms with Gasteiger partial charge in [0.1, 0.15) is 6.54 Å². The van der Waals surface area contributed by atoms with Gasteiger partial charge in [0.05, 0.1) is 12.2 Å². The summed E-state index contributed by atoms with van der Waals surface area (Å²) >= 11 is 0. The van der Waals surface area contributed by atoms with Crippen molar-refractivity contribution in [3.63, 3.8) is 0 Å². The van der Waals surface area contributed by atoms with E-state index >= 15 is 0 Å². The lowest BCUT2D eigenvalue weighted by Gasteiger charge is -2.29. The van der Waals surface area contributed by atoms with Gasteiger partial charge in [-0.25, -0.2) is 4.79 Å². The standard InChI is InChI=1S/C19H20N2O3/c1-12-7-8-16-17(9-12)24-19(23)11-21(16)10-18(22)20-15-6-4-5-13(2)14(15)3/h4-9H,10-11H2,1-3H3,(H,20,22). The number of esters is 1. The summed E-state index contributed by atoms with van der Waals surface area (Å²) in [5.41, 5.74) is 4.72. The van der Waals surface area contributed by atoms with Crippen LogP contribution in [0.3, 0.4) is 0 Å². The molecule has 5 nitrogen and oxygen atoms in total. The molecule has 2 aromatic rings. The summed E-state index contributed by atoms with van der Waals surface area (Å²) < 4.78 is 5.27. The van der Waals surface area contributed by atoms with Crippen molar-refractivity contribution in [1.29, 1.82) is 0 Å². The molecule has 1 amide bonds. The van der Waals surface area contributed by atoms with Gasteiger partial charge in [-0.1, -0.05) is 18.2 Å². The molecule has 0 aliphatic carbocycles. The lowest BCUT2D eigenvalue weighted by atomic mass is 10.1. The molecule has 0 spiro atoms. The highest BCUT2D eigenvalue weighted by molar-refractivity contribution is 5.97. The van der Waals surface area contributed by atoms with Crippen LogP contribution in [0, 0.1) is 20.8 Å². The molecule has 0 radical (unpaired) electrons. The summed E-state index contributed by atoms with van der Waals surface area (Å²) in [5.74, 6) is -0.0108. The minimum absolute atomic E-state index is 0.0658. The van der Waals surface area contributed by atoms with Crippen LogP contribution in [0.25, 0.3) is 0 Å². The van der Waals surface area contributed by atoms with Gasteiger partial charge in [0, 0.05) is 5.69 Å². The number of fused-ring (bicyclic) bond motifs is 1. The first-order valence-electron chi connectivity index (χ1n) is 7.86. The van der Waals surface area contributed by atoms with Crippen molar-refractivity contribution in [3.8, 4) is 5.75 Å².